The van der Waals surface area contributed by atoms with Crippen LogP contribution in [0.15, 0.2) is 40.7 Å². The van der Waals surface area contributed by atoms with Crippen molar-refractivity contribution >= 4 is 41.3 Å². The lowest BCUT2D eigenvalue weighted by Gasteiger charge is -2.21. The number of aliphatic imine (C=N–C) groups is 1. The van der Waals surface area contributed by atoms with Crippen LogP contribution in [-0.2, 0) is 11.3 Å². The first-order chi connectivity index (χ1) is 12.6. The maximum absolute atomic E-state index is 5.92. The Morgan fingerprint density at radius 2 is 2.07 bits per heavy atom. The fourth-order valence-corrected chi connectivity index (χ4v) is 3.20. The SMILES string of the molecule is CCNC(=NCCCOC(C)c1ccccc1)N(C)Cc1csc(C)n1.I. The smallest absolute Gasteiger partial charge is 0.194 e. The van der Waals surface area contributed by atoms with E-state index in [4.69, 9.17) is 9.73 Å². The molecule has 0 saturated heterocycles. The van der Waals surface area contributed by atoms with Crippen molar-refractivity contribution in [2.75, 3.05) is 26.7 Å². The summed E-state index contributed by atoms with van der Waals surface area (Å²) < 4.78 is 5.92. The second-order valence-corrected chi connectivity index (χ2v) is 7.29. The Balaban J connectivity index is 0.00000364. The highest BCUT2D eigenvalue weighted by atomic mass is 127. The van der Waals surface area contributed by atoms with Crippen LogP contribution in [0.1, 0.15) is 42.6 Å². The molecule has 7 heteroatoms. The zero-order valence-corrected chi connectivity index (χ0v) is 19.8. The van der Waals surface area contributed by atoms with E-state index in [9.17, 15) is 0 Å². The lowest BCUT2D eigenvalue weighted by atomic mass is 10.1. The van der Waals surface area contributed by atoms with Crippen molar-refractivity contribution < 1.29 is 4.74 Å². The number of rotatable bonds is 9. The molecule has 2 rings (SSSR count). The van der Waals surface area contributed by atoms with Crippen LogP contribution < -0.4 is 5.32 Å². The summed E-state index contributed by atoms with van der Waals surface area (Å²) in [5, 5.41) is 6.55. The molecule has 0 aliphatic heterocycles. The van der Waals surface area contributed by atoms with Gasteiger partial charge in [-0.2, -0.15) is 0 Å². The molecule has 0 saturated carbocycles. The van der Waals surface area contributed by atoms with E-state index in [-0.39, 0.29) is 30.1 Å². The second-order valence-electron chi connectivity index (χ2n) is 6.23. The van der Waals surface area contributed by atoms with Crippen LogP contribution in [0.25, 0.3) is 0 Å². The summed E-state index contributed by atoms with van der Waals surface area (Å²) in [6.45, 7) is 9.26. The van der Waals surface area contributed by atoms with Crippen molar-refractivity contribution in [2.45, 2.75) is 39.8 Å². The number of halogens is 1. The van der Waals surface area contributed by atoms with Crippen LogP contribution in [0.2, 0.25) is 0 Å². The first-order valence-corrected chi connectivity index (χ1v) is 10.0. The Hall–Kier alpha value is -1.19. The van der Waals surface area contributed by atoms with Crippen LogP contribution in [0.5, 0.6) is 0 Å². The number of ether oxygens (including phenoxy) is 1. The summed E-state index contributed by atoms with van der Waals surface area (Å²) in [7, 11) is 2.05. The Morgan fingerprint density at radius 3 is 2.70 bits per heavy atom. The summed E-state index contributed by atoms with van der Waals surface area (Å²) in [5.74, 6) is 0.911. The van der Waals surface area contributed by atoms with Gasteiger partial charge in [0, 0.05) is 32.1 Å². The average molecular weight is 502 g/mol. The summed E-state index contributed by atoms with van der Waals surface area (Å²) >= 11 is 1.68. The molecule has 27 heavy (non-hydrogen) atoms. The highest BCUT2D eigenvalue weighted by Crippen LogP contribution is 2.15. The number of nitrogens with zero attached hydrogens (tertiary/aromatic N) is 3. The van der Waals surface area contributed by atoms with Gasteiger partial charge in [-0.1, -0.05) is 30.3 Å². The highest BCUT2D eigenvalue weighted by Gasteiger charge is 2.09. The van der Waals surface area contributed by atoms with Crippen LogP contribution >= 0.6 is 35.3 Å². The third-order valence-corrected chi connectivity index (χ3v) is 4.79. The minimum absolute atomic E-state index is 0. The van der Waals surface area contributed by atoms with Crippen molar-refractivity contribution in [3.8, 4) is 0 Å². The van der Waals surface area contributed by atoms with Crippen molar-refractivity contribution in [2.24, 2.45) is 4.99 Å². The summed E-state index contributed by atoms with van der Waals surface area (Å²) in [6.07, 6.45) is 1.01. The number of hydrogen-bond donors (Lipinski definition) is 1. The summed E-state index contributed by atoms with van der Waals surface area (Å²) in [6, 6.07) is 10.3. The number of aromatic nitrogens is 1. The number of thiazole rings is 1. The molecule has 1 aromatic heterocycles. The van der Waals surface area contributed by atoms with E-state index < -0.39 is 0 Å². The molecule has 1 N–H and O–H groups in total. The average Bonchev–Trinajstić information content (AvgIpc) is 3.05. The number of guanidine groups is 1. The fourth-order valence-electron chi connectivity index (χ4n) is 2.60. The molecule has 0 amide bonds. The van der Waals surface area contributed by atoms with Crippen molar-refractivity contribution in [3.63, 3.8) is 0 Å². The molecule has 1 aromatic carbocycles. The van der Waals surface area contributed by atoms with Crippen LogP contribution in [0.4, 0.5) is 0 Å². The normalized spacial score (nSPS) is 12.4. The van der Waals surface area contributed by atoms with Crippen LogP contribution in [-0.4, -0.2) is 42.6 Å². The van der Waals surface area contributed by atoms with Crippen LogP contribution in [0.3, 0.4) is 0 Å². The quantitative estimate of drug-likeness (QED) is 0.235. The molecule has 5 nitrogen and oxygen atoms in total. The van der Waals surface area contributed by atoms with Gasteiger partial charge in [0.1, 0.15) is 0 Å². The van der Waals surface area contributed by atoms with Gasteiger partial charge in [0.25, 0.3) is 0 Å². The van der Waals surface area contributed by atoms with Crippen molar-refractivity contribution in [1.29, 1.82) is 0 Å². The largest absolute Gasteiger partial charge is 0.374 e. The van der Waals surface area contributed by atoms with E-state index in [1.807, 2.05) is 32.2 Å². The van der Waals surface area contributed by atoms with Gasteiger partial charge in [0.05, 0.1) is 23.4 Å². The Labute approximate surface area is 184 Å². The van der Waals surface area contributed by atoms with Gasteiger partial charge in [0.2, 0.25) is 0 Å². The highest BCUT2D eigenvalue weighted by molar-refractivity contribution is 14.0. The van der Waals surface area contributed by atoms with Gasteiger partial charge in [-0.25, -0.2) is 4.98 Å². The third kappa shape index (κ3) is 8.57. The fraction of sp³-hybridized carbons (Fsp3) is 0.500. The first-order valence-electron chi connectivity index (χ1n) is 9.17. The molecule has 1 heterocycles. The van der Waals surface area contributed by atoms with Crippen LogP contribution in [0, 0.1) is 6.92 Å². The molecule has 0 aliphatic rings. The summed E-state index contributed by atoms with van der Waals surface area (Å²) in [5.41, 5.74) is 2.29. The Morgan fingerprint density at radius 1 is 1.33 bits per heavy atom. The molecule has 0 spiro atoms. The van der Waals surface area contributed by atoms with E-state index in [1.54, 1.807) is 11.3 Å². The molecule has 150 valence electrons. The molecule has 0 bridgehead atoms. The van der Waals surface area contributed by atoms with Gasteiger partial charge in [-0.05, 0) is 32.8 Å². The Kier molecular flexibility index (Phi) is 11.5. The van der Waals surface area contributed by atoms with Gasteiger partial charge in [-0.3, -0.25) is 4.99 Å². The van der Waals surface area contributed by atoms with E-state index in [0.717, 1.165) is 42.7 Å². The minimum Gasteiger partial charge on any atom is -0.374 e. The molecule has 2 aromatic rings. The van der Waals surface area contributed by atoms with Gasteiger partial charge < -0.3 is 15.0 Å². The predicted molar refractivity (Wildman–Crippen MR) is 125 cm³/mol. The molecule has 0 radical (unpaired) electrons. The minimum atomic E-state index is 0. The lowest BCUT2D eigenvalue weighted by molar-refractivity contribution is 0.0651. The second kappa shape index (κ2) is 13.1. The maximum Gasteiger partial charge on any atom is 0.194 e. The van der Waals surface area contributed by atoms with Crippen molar-refractivity contribution in [1.82, 2.24) is 15.2 Å². The van der Waals surface area contributed by atoms with Gasteiger partial charge >= 0.3 is 0 Å². The molecule has 1 atom stereocenters. The monoisotopic (exact) mass is 502 g/mol. The molecular formula is C20H31IN4OS. The van der Waals surface area contributed by atoms with E-state index in [1.165, 1.54) is 5.56 Å². The number of hydrogen-bond acceptors (Lipinski definition) is 4. The van der Waals surface area contributed by atoms with E-state index in [0.29, 0.717) is 6.61 Å². The molecular weight excluding hydrogens is 471 g/mol. The standard InChI is InChI=1S/C20H30N4OS.HI/c1-5-21-20(24(4)14-19-15-26-17(3)23-19)22-12-9-13-25-16(2)18-10-7-6-8-11-18;/h6-8,10-11,15-16H,5,9,12-14H2,1-4H3,(H,21,22);1H. The van der Waals surface area contributed by atoms with E-state index in [2.05, 4.69) is 46.6 Å². The topological polar surface area (TPSA) is 49.8 Å². The molecule has 1 unspecified atom stereocenters. The lowest BCUT2D eigenvalue weighted by Crippen LogP contribution is -2.38. The molecule has 0 aliphatic carbocycles. The van der Waals surface area contributed by atoms with Crippen molar-refractivity contribution in [3.05, 3.63) is 52.0 Å². The zero-order valence-electron chi connectivity index (χ0n) is 16.6. The Bertz CT molecular complexity index is 678. The van der Waals surface area contributed by atoms with Gasteiger partial charge in [0.15, 0.2) is 5.96 Å². The number of nitrogens with one attached hydrogen (secondary N) is 1. The summed E-state index contributed by atoms with van der Waals surface area (Å²) in [4.78, 5) is 11.4. The first kappa shape index (κ1) is 23.8. The predicted octanol–water partition coefficient (Wildman–Crippen LogP) is 4.63. The maximum atomic E-state index is 5.92. The van der Waals surface area contributed by atoms with E-state index >= 15 is 0 Å². The number of benzene rings is 1. The van der Waals surface area contributed by atoms with Gasteiger partial charge in [-0.15, -0.1) is 35.3 Å². The third-order valence-electron chi connectivity index (χ3n) is 3.96. The number of aryl methyl sites for hydroxylation is 1. The molecule has 0 fully saturated rings. The zero-order chi connectivity index (χ0) is 18.8.